The largest absolute Gasteiger partial charge is 0.314 e. The molecule has 5 nitrogen and oxygen atoms in total. The van der Waals surface area contributed by atoms with Crippen LogP contribution in [0.2, 0.25) is 0 Å². The van der Waals surface area contributed by atoms with Crippen molar-refractivity contribution >= 4 is 10.0 Å². The number of hydrogen-bond acceptors (Lipinski definition) is 4. The number of sulfonamides is 1. The molecule has 0 spiro atoms. The fourth-order valence-corrected chi connectivity index (χ4v) is 2.54. The second-order valence-corrected chi connectivity index (χ2v) is 7.86. The van der Waals surface area contributed by atoms with Crippen molar-refractivity contribution in [3.63, 3.8) is 0 Å². The van der Waals surface area contributed by atoms with Crippen LogP contribution in [0.25, 0.3) is 0 Å². The average Bonchev–Trinajstić information content (AvgIpc) is 1.95. The van der Waals surface area contributed by atoms with Crippen molar-refractivity contribution in [2.75, 3.05) is 25.9 Å². The van der Waals surface area contributed by atoms with Gasteiger partial charge in [0.1, 0.15) is 0 Å². The molecule has 17 heavy (non-hydrogen) atoms. The molecule has 0 aliphatic rings. The Morgan fingerprint density at radius 3 is 1.94 bits per heavy atom. The van der Waals surface area contributed by atoms with Crippen molar-refractivity contribution < 1.29 is 8.42 Å². The molecule has 0 rings (SSSR count). The first-order chi connectivity index (χ1) is 7.41. The van der Waals surface area contributed by atoms with Gasteiger partial charge in [-0.15, -0.1) is 0 Å². The molecular weight excluding hydrogens is 238 g/mol. The van der Waals surface area contributed by atoms with Gasteiger partial charge in [-0.1, -0.05) is 0 Å². The van der Waals surface area contributed by atoms with Crippen LogP contribution in [-0.2, 0) is 10.0 Å². The van der Waals surface area contributed by atoms with Crippen LogP contribution < -0.4 is 15.4 Å². The lowest BCUT2D eigenvalue weighted by molar-refractivity contribution is 0.394. The Morgan fingerprint density at radius 2 is 1.53 bits per heavy atom. The fourth-order valence-electron chi connectivity index (χ4n) is 1.46. The maximum atomic E-state index is 11.1. The fraction of sp³-hybridized carbons (Fsp3) is 1.00. The summed E-state index contributed by atoms with van der Waals surface area (Å²) in [4.78, 5) is 0. The first-order valence-electron chi connectivity index (χ1n) is 5.86. The summed E-state index contributed by atoms with van der Waals surface area (Å²) >= 11 is 0. The Hall–Kier alpha value is -0.170. The van der Waals surface area contributed by atoms with Gasteiger partial charge in [0.2, 0.25) is 10.0 Å². The average molecular weight is 265 g/mol. The Morgan fingerprint density at radius 1 is 1.00 bits per heavy atom. The second-order valence-electron chi connectivity index (χ2n) is 6.11. The van der Waals surface area contributed by atoms with E-state index in [0.29, 0.717) is 6.54 Å². The number of nitrogens with one attached hydrogen (secondary N) is 3. The van der Waals surface area contributed by atoms with Gasteiger partial charge >= 0.3 is 0 Å². The highest BCUT2D eigenvalue weighted by Crippen LogP contribution is 2.01. The molecule has 0 aromatic rings. The summed E-state index contributed by atoms with van der Waals surface area (Å²) in [6.07, 6.45) is 1.18. The van der Waals surface area contributed by atoms with E-state index in [2.05, 4.69) is 36.1 Å². The summed E-state index contributed by atoms with van der Waals surface area (Å²) in [5.41, 5.74) is -0.350. The van der Waals surface area contributed by atoms with E-state index in [9.17, 15) is 8.42 Å². The maximum absolute atomic E-state index is 11.1. The molecule has 0 atom stereocenters. The summed E-state index contributed by atoms with van der Waals surface area (Å²) in [6.45, 7) is 12.3. The van der Waals surface area contributed by atoms with Gasteiger partial charge in [-0.3, -0.25) is 0 Å². The van der Waals surface area contributed by atoms with Crippen LogP contribution in [0.4, 0.5) is 0 Å². The lowest BCUT2D eigenvalue weighted by Crippen LogP contribution is -2.51. The van der Waals surface area contributed by atoms with Crippen LogP contribution in [0.15, 0.2) is 0 Å². The predicted octanol–water partition coefficient (Wildman–Crippen LogP) is 0.292. The number of hydrogen-bond donors (Lipinski definition) is 3. The summed E-state index contributed by atoms with van der Waals surface area (Å²) in [6, 6.07) is 0. The quantitative estimate of drug-likeness (QED) is 0.579. The third-order valence-corrected chi connectivity index (χ3v) is 2.91. The van der Waals surface area contributed by atoms with Crippen molar-refractivity contribution in [2.24, 2.45) is 0 Å². The minimum atomic E-state index is -3.15. The zero-order valence-electron chi connectivity index (χ0n) is 11.8. The maximum Gasteiger partial charge on any atom is 0.209 e. The molecule has 0 bridgehead atoms. The molecule has 0 radical (unpaired) electrons. The Bertz CT molecular complexity index is 318. The van der Waals surface area contributed by atoms with E-state index in [0.717, 1.165) is 13.1 Å². The first kappa shape index (κ1) is 16.8. The van der Waals surface area contributed by atoms with Crippen molar-refractivity contribution in [1.29, 1.82) is 0 Å². The third kappa shape index (κ3) is 12.1. The molecule has 0 saturated heterocycles. The second kappa shape index (κ2) is 6.13. The van der Waals surface area contributed by atoms with E-state index in [1.54, 1.807) is 0 Å². The van der Waals surface area contributed by atoms with Crippen molar-refractivity contribution in [1.82, 2.24) is 15.4 Å². The lowest BCUT2D eigenvalue weighted by atomic mass is 10.1. The van der Waals surface area contributed by atoms with Crippen molar-refractivity contribution in [3.05, 3.63) is 0 Å². The predicted molar refractivity (Wildman–Crippen MR) is 72.7 cm³/mol. The minimum absolute atomic E-state index is 0.113. The van der Waals surface area contributed by atoms with E-state index >= 15 is 0 Å². The van der Waals surface area contributed by atoms with Gasteiger partial charge in [-0.05, 0) is 34.6 Å². The van der Waals surface area contributed by atoms with E-state index in [-0.39, 0.29) is 5.54 Å². The third-order valence-electron chi connectivity index (χ3n) is 1.99. The highest BCUT2D eigenvalue weighted by Gasteiger charge is 2.21. The van der Waals surface area contributed by atoms with E-state index in [1.165, 1.54) is 6.26 Å². The van der Waals surface area contributed by atoms with Crippen molar-refractivity contribution in [3.8, 4) is 0 Å². The van der Waals surface area contributed by atoms with Gasteiger partial charge in [0.25, 0.3) is 0 Å². The summed E-state index contributed by atoms with van der Waals surface area (Å²) in [5.74, 6) is 0. The molecule has 6 heteroatoms. The van der Waals surface area contributed by atoms with Gasteiger partial charge in [0.05, 0.1) is 6.26 Å². The van der Waals surface area contributed by atoms with Gasteiger partial charge < -0.3 is 10.6 Å². The molecule has 0 unspecified atom stereocenters. The zero-order chi connectivity index (χ0) is 13.7. The van der Waals surface area contributed by atoms with Gasteiger partial charge in [0, 0.05) is 30.7 Å². The molecular formula is C11H27N3O2S. The highest BCUT2D eigenvalue weighted by molar-refractivity contribution is 7.88. The molecule has 0 saturated carbocycles. The van der Waals surface area contributed by atoms with Gasteiger partial charge in [0.15, 0.2) is 0 Å². The molecule has 0 heterocycles. The molecule has 3 N–H and O–H groups in total. The number of rotatable bonds is 7. The molecule has 0 aromatic heterocycles. The summed E-state index contributed by atoms with van der Waals surface area (Å²) in [7, 11) is -3.15. The first-order valence-corrected chi connectivity index (χ1v) is 7.75. The van der Waals surface area contributed by atoms with E-state index < -0.39 is 15.6 Å². The van der Waals surface area contributed by atoms with Crippen LogP contribution in [0.5, 0.6) is 0 Å². The van der Waals surface area contributed by atoms with Gasteiger partial charge in [-0.25, -0.2) is 13.1 Å². The van der Waals surface area contributed by atoms with Crippen LogP contribution in [0.3, 0.4) is 0 Å². The summed E-state index contributed by atoms with van der Waals surface area (Å²) < 4.78 is 24.8. The normalized spacial score (nSPS) is 14.0. The van der Waals surface area contributed by atoms with Crippen LogP contribution in [-0.4, -0.2) is 45.4 Å². The van der Waals surface area contributed by atoms with Crippen molar-refractivity contribution in [2.45, 2.75) is 45.7 Å². The topological polar surface area (TPSA) is 70.2 Å². The molecule has 0 amide bonds. The van der Waals surface area contributed by atoms with Crippen LogP contribution in [0, 0.1) is 0 Å². The molecule has 104 valence electrons. The zero-order valence-corrected chi connectivity index (χ0v) is 12.7. The van der Waals surface area contributed by atoms with Gasteiger partial charge in [-0.2, -0.15) is 0 Å². The minimum Gasteiger partial charge on any atom is -0.314 e. The standard InChI is InChI=1S/C11H27N3O2S/c1-10(2,3)13-8-7-12-9-11(4,5)14-17(6,15)16/h12-14H,7-9H2,1-6H3. The van der Waals surface area contributed by atoms with Crippen LogP contribution >= 0.6 is 0 Å². The molecule has 0 aliphatic carbocycles. The molecule has 0 fully saturated rings. The SMILES string of the molecule is CC(C)(C)NCCNCC(C)(C)NS(C)(=O)=O. The smallest absolute Gasteiger partial charge is 0.209 e. The summed E-state index contributed by atoms with van der Waals surface area (Å²) in [5, 5.41) is 6.59. The van der Waals surface area contributed by atoms with E-state index in [4.69, 9.17) is 0 Å². The Labute approximate surface area is 106 Å². The van der Waals surface area contributed by atoms with E-state index in [1.807, 2.05) is 13.8 Å². The Kier molecular flexibility index (Phi) is 6.07. The highest BCUT2D eigenvalue weighted by atomic mass is 32.2. The molecule has 0 aliphatic heterocycles. The molecule has 0 aromatic carbocycles. The Balaban J connectivity index is 3.81. The monoisotopic (exact) mass is 265 g/mol. The lowest BCUT2D eigenvalue weighted by Gasteiger charge is -2.26. The van der Waals surface area contributed by atoms with Crippen LogP contribution in [0.1, 0.15) is 34.6 Å².